The molecule has 0 spiro atoms. The van der Waals surface area contributed by atoms with Crippen molar-refractivity contribution in [1.82, 2.24) is 10.2 Å². The van der Waals surface area contributed by atoms with Crippen LogP contribution < -0.4 is 5.32 Å². The largest absolute Gasteiger partial charge is 0.481 e. The molecule has 2 aliphatic rings. The summed E-state index contributed by atoms with van der Waals surface area (Å²) in [4.78, 5) is 37.9. The van der Waals surface area contributed by atoms with Gasteiger partial charge in [0.05, 0.1) is 0 Å². The number of carboxylic acids is 1. The lowest BCUT2D eigenvalue weighted by molar-refractivity contribution is -0.165. The average Bonchev–Trinajstić information content (AvgIpc) is 3.08. The van der Waals surface area contributed by atoms with E-state index in [4.69, 9.17) is 4.74 Å². The number of nitrogens with one attached hydrogen (secondary N) is 1. The molecule has 1 heterocycles. The smallest absolute Gasteiger partial charge is 0.407 e. The Morgan fingerprint density at radius 1 is 1.15 bits per heavy atom. The summed E-state index contributed by atoms with van der Waals surface area (Å²) < 4.78 is 5.53. The summed E-state index contributed by atoms with van der Waals surface area (Å²) in [6.07, 6.45) is 1.39. The van der Waals surface area contributed by atoms with E-state index in [1.165, 1.54) is 4.90 Å². The molecule has 2 amide bonds. The minimum Gasteiger partial charge on any atom is -0.481 e. The molecule has 2 aromatic rings. The van der Waals surface area contributed by atoms with Crippen LogP contribution in [0, 0.1) is 5.41 Å². The summed E-state index contributed by atoms with van der Waals surface area (Å²) in [6, 6.07) is 15.8. The van der Waals surface area contributed by atoms with Gasteiger partial charge >= 0.3 is 12.1 Å². The van der Waals surface area contributed by atoms with Gasteiger partial charge in [0.2, 0.25) is 5.91 Å². The Morgan fingerprint density at radius 3 is 2.27 bits per heavy atom. The maximum Gasteiger partial charge on any atom is 0.407 e. The lowest BCUT2D eigenvalue weighted by Gasteiger charge is -2.47. The van der Waals surface area contributed by atoms with Gasteiger partial charge in [-0.25, -0.2) is 4.79 Å². The quantitative estimate of drug-likeness (QED) is 0.599. The van der Waals surface area contributed by atoms with Crippen molar-refractivity contribution >= 4 is 18.0 Å². The number of likely N-dealkylation sites (tertiary alicyclic amines) is 1. The maximum atomic E-state index is 12.5. The van der Waals surface area contributed by atoms with Crippen LogP contribution in [0.15, 0.2) is 61.2 Å². The average molecular weight is 449 g/mol. The highest BCUT2D eigenvalue weighted by Gasteiger charge is 2.50. The number of alkyl carbamates (subject to hydrolysis) is 1. The first-order chi connectivity index (χ1) is 15.8. The van der Waals surface area contributed by atoms with E-state index in [9.17, 15) is 19.5 Å². The van der Waals surface area contributed by atoms with E-state index < -0.39 is 23.5 Å². The molecular weight excluding hydrogens is 420 g/mol. The summed E-state index contributed by atoms with van der Waals surface area (Å²) in [5.41, 5.74) is 3.64. The van der Waals surface area contributed by atoms with Crippen LogP contribution in [0.25, 0.3) is 11.1 Å². The van der Waals surface area contributed by atoms with Gasteiger partial charge in [-0.3, -0.25) is 9.59 Å². The fourth-order valence-corrected chi connectivity index (χ4v) is 4.77. The van der Waals surface area contributed by atoms with Crippen LogP contribution in [0.3, 0.4) is 0 Å². The van der Waals surface area contributed by atoms with Gasteiger partial charge in [0.15, 0.2) is 0 Å². The number of carbonyl (C=O) groups excluding carboxylic acids is 2. The molecule has 7 heteroatoms. The van der Waals surface area contributed by atoms with Crippen molar-refractivity contribution in [2.75, 3.05) is 19.7 Å². The second kappa shape index (κ2) is 9.10. The Labute approximate surface area is 193 Å². The zero-order valence-electron chi connectivity index (χ0n) is 18.6. The third-order valence-electron chi connectivity index (χ3n) is 6.52. The molecule has 33 heavy (non-hydrogen) atoms. The van der Waals surface area contributed by atoms with Crippen molar-refractivity contribution in [2.24, 2.45) is 5.41 Å². The second-order valence-corrected chi connectivity index (χ2v) is 8.90. The molecule has 7 nitrogen and oxygen atoms in total. The third-order valence-corrected chi connectivity index (χ3v) is 6.52. The number of hydrogen-bond acceptors (Lipinski definition) is 4. The zero-order valence-corrected chi connectivity index (χ0v) is 18.6. The van der Waals surface area contributed by atoms with Crippen molar-refractivity contribution in [3.8, 4) is 11.1 Å². The zero-order chi connectivity index (χ0) is 23.6. The fraction of sp³-hybridized carbons (Fsp3) is 0.346. The van der Waals surface area contributed by atoms with E-state index in [0.29, 0.717) is 6.42 Å². The first-order valence-electron chi connectivity index (χ1n) is 11.1. The first kappa shape index (κ1) is 22.6. The summed E-state index contributed by atoms with van der Waals surface area (Å²) in [6.45, 7) is 5.85. The van der Waals surface area contributed by atoms with E-state index in [0.717, 1.165) is 22.3 Å². The van der Waals surface area contributed by atoms with Gasteiger partial charge in [0.25, 0.3) is 0 Å². The van der Waals surface area contributed by atoms with Crippen LogP contribution in [0.1, 0.15) is 36.8 Å². The molecule has 0 unspecified atom stereocenters. The van der Waals surface area contributed by atoms with Crippen molar-refractivity contribution in [3.63, 3.8) is 0 Å². The first-order valence-corrected chi connectivity index (χ1v) is 11.1. The summed E-state index contributed by atoms with van der Waals surface area (Å²) in [7, 11) is 0. The number of allylic oxidation sites excluding steroid dienone is 1. The standard InChI is InChI=1S/C26H28N2O5/c1-3-12-26(24(30)31)15-28(16-26)23(29)13-17(2)27-25(32)33-14-22-20-10-6-4-8-18(20)19-9-5-7-11-21(19)22/h3-11,17,22H,1,12-16H2,2H3,(H,27,32)(H,30,31)/t17-/m0/s1. The topological polar surface area (TPSA) is 95.9 Å². The molecule has 0 bridgehead atoms. The van der Waals surface area contributed by atoms with Crippen molar-refractivity contribution in [1.29, 1.82) is 0 Å². The third kappa shape index (κ3) is 4.35. The van der Waals surface area contributed by atoms with E-state index in [1.54, 1.807) is 13.0 Å². The normalized spacial score (nSPS) is 16.7. The predicted molar refractivity (Wildman–Crippen MR) is 124 cm³/mol. The van der Waals surface area contributed by atoms with Crippen LogP contribution in [0.4, 0.5) is 4.79 Å². The highest BCUT2D eigenvalue weighted by molar-refractivity contribution is 5.84. The van der Waals surface area contributed by atoms with Gasteiger partial charge in [0.1, 0.15) is 12.0 Å². The van der Waals surface area contributed by atoms with Crippen molar-refractivity contribution in [2.45, 2.75) is 31.7 Å². The molecule has 0 saturated carbocycles. The Bertz CT molecular complexity index is 1040. The molecule has 1 saturated heterocycles. The van der Waals surface area contributed by atoms with Crippen LogP contribution in [-0.2, 0) is 14.3 Å². The molecule has 2 N–H and O–H groups in total. The molecule has 1 aliphatic heterocycles. The van der Waals surface area contributed by atoms with Gasteiger partial charge in [0, 0.05) is 31.5 Å². The van der Waals surface area contributed by atoms with Crippen LogP contribution in [0.2, 0.25) is 0 Å². The molecule has 0 radical (unpaired) electrons. The molecule has 0 aromatic heterocycles. The summed E-state index contributed by atoms with van der Waals surface area (Å²) >= 11 is 0. The molecular formula is C26H28N2O5. The number of carbonyl (C=O) groups is 3. The van der Waals surface area contributed by atoms with Gasteiger partial charge in [-0.1, -0.05) is 54.6 Å². The molecule has 4 rings (SSSR count). The minimum absolute atomic E-state index is 0.0322. The number of benzene rings is 2. The van der Waals surface area contributed by atoms with Gasteiger partial charge < -0.3 is 20.1 Å². The Balaban J connectivity index is 1.28. The monoisotopic (exact) mass is 448 g/mol. The van der Waals surface area contributed by atoms with Gasteiger partial charge in [-0.2, -0.15) is 0 Å². The maximum absolute atomic E-state index is 12.5. The van der Waals surface area contributed by atoms with Crippen LogP contribution in [0.5, 0.6) is 0 Å². The van der Waals surface area contributed by atoms with E-state index >= 15 is 0 Å². The highest BCUT2D eigenvalue weighted by Crippen LogP contribution is 2.44. The summed E-state index contributed by atoms with van der Waals surface area (Å²) in [5.74, 6) is -1.14. The lowest BCUT2D eigenvalue weighted by Crippen LogP contribution is -2.62. The van der Waals surface area contributed by atoms with Gasteiger partial charge in [-0.15, -0.1) is 6.58 Å². The van der Waals surface area contributed by atoms with Crippen LogP contribution in [-0.4, -0.2) is 53.7 Å². The molecule has 2 aromatic carbocycles. The van der Waals surface area contributed by atoms with Crippen LogP contribution >= 0.6 is 0 Å². The second-order valence-electron chi connectivity index (χ2n) is 8.90. The minimum atomic E-state index is -0.944. The predicted octanol–water partition coefficient (Wildman–Crippen LogP) is 3.79. The number of aliphatic carboxylic acids is 1. The van der Waals surface area contributed by atoms with Gasteiger partial charge in [-0.05, 0) is 35.6 Å². The highest BCUT2D eigenvalue weighted by atomic mass is 16.5. The number of nitrogens with zero attached hydrogens (tertiary/aromatic N) is 1. The molecule has 172 valence electrons. The SMILES string of the molecule is C=CCC1(C(=O)O)CN(C(=O)C[C@H](C)NC(=O)OCC2c3ccccc3-c3ccccc32)C1. The summed E-state index contributed by atoms with van der Waals surface area (Å²) in [5, 5.41) is 12.1. The van der Waals surface area contributed by atoms with Crippen molar-refractivity contribution < 1.29 is 24.2 Å². The van der Waals surface area contributed by atoms with E-state index in [1.807, 2.05) is 24.3 Å². The molecule has 1 fully saturated rings. The number of amides is 2. The fourth-order valence-electron chi connectivity index (χ4n) is 4.77. The Hall–Kier alpha value is -3.61. The van der Waals surface area contributed by atoms with E-state index in [2.05, 4.69) is 36.2 Å². The number of rotatable bonds is 8. The van der Waals surface area contributed by atoms with Crippen molar-refractivity contribution in [3.05, 3.63) is 72.3 Å². The lowest BCUT2D eigenvalue weighted by atomic mass is 9.76. The Kier molecular flexibility index (Phi) is 6.22. The Morgan fingerprint density at radius 2 is 1.73 bits per heavy atom. The van der Waals surface area contributed by atoms with E-state index in [-0.39, 0.29) is 37.9 Å². The number of ether oxygens (including phenoxy) is 1. The number of hydrogen-bond donors (Lipinski definition) is 2. The number of fused-ring (bicyclic) bond motifs is 3. The number of carboxylic acid groups (broad SMARTS) is 1. The molecule has 1 aliphatic carbocycles. The molecule has 1 atom stereocenters.